The third-order valence-corrected chi connectivity index (χ3v) is 5.40. The van der Waals surface area contributed by atoms with E-state index < -0.39 is 6.04 Å². The van der Waals surface area contributed by atoms with Crippen molar-refractivity contribution in [2.24, 2.45) is 5.18 Å². The maximum absolute atomic E-state index is 11.6. The average Bonchev–Trinajstić information content (AvgIpc) is 3.01. The first-order valence-corrected chi connectivity index (χ1v) is 9.43. The number of benzene rings is 1. The number of allylic oxidation sites excluding steroid dienone is 2. The predicted octanol–water partition coefficient (Wildman–Crippen LogP) is 3.52. The van der Waals surface area contributed by atoms with E-state index >= 15 is 0 Å². The number of nitroso groups, excluding NO2 is 1. The molecule has 0 bridgehead atoms. The van der Waals surface area contributed by atoms with Gasteiger partial charge < -0.3 is 9.47 Å². The van der Waals surface area contributed by atoms with Crippen LogP contribution in [0, 0.1) is 4.91 Å². The molecule has 1 aromatic rings. The van der Waals surface area contributed by atoms with Gasteiger partial charge in [0.2, 0.25) is 5.91 Å². The Kier molecular flexibility index (Phi) is 6.41. The topological polar surface area (TPSA) is 94.1 Å². The number of hydrogen-bond acceptors (Lipinski definition) is 7. The second-order valence-electron chi connectivity index (χ2n) is 6.23. The summed E-state index contributed by atoms with van der Waals surface area (Å²) in [6, 6.07) is 6.58. The molecule has 27 heavy (non-hydrogen) atoms. The van der Waals surface area contributed by atoms with E-state index in [0.29, 0.717) is 18.6 Å². The van der Waals surface area contributed by atoms with Crippen molar-refractivity contribution in [3.63, 3.8) is 0 Å². The van der Waals surface area contributed by atoms with Crippen molar-refractivity contribution in [1.82, 2.24) is 5.32 Å². The summed E-state index contributed by atoms with van der Waals surface area (Å²) in [5.74, 6) is 0.477. The van der Waals surface area contributed by atoms with Crippen molar-refractivity contribution in [1.29, 1.82) is 0 Å². The standard InChI is InChI=1S/C19H20N2O5S/c1-25-14-8-4-13(5-9-14)16(21-24)11-26-15-6-2-12(3-7-15)10-17-18(22)20-19(23)27-17/h2-6,8-9,15-17H,7,10-11H2,1H3,(H,20,22,23)/t15?,16-,17?/m1/s1. The summed E-state index contributed by atoms with van der Waals surface area (Å²) in [5.41, 5.74) is 1.77. The molecular weight excluding hydrogens is 368 g/mol. The summed E-state index contributed by atoms with van der Waals surface area (Å²) in [6.45, 7) is 0.184. The van der Waals surface area contributed by atoms with Gasteiger partial charge in [-0.2, -0.15) is 4.91 Å². The maximum Gasteiger partial charge on any atom is 0.286 e. The zero-order chi connectivity index (χ0) is 19.2. The van der Waals surface area contributed by atoms with Crippen LogP contribution in [-0.2, 0) is 9.53 Å². The van der Waals surface area contributed by atoms with Gasteiger partial charge in [0, 0.05) is 0 Å². The molecule has 1 aromatic carbocycles. The SMILES string of the molecule is COc1ccc([C@@H](COC2C=CC(CC3SC(=O)NC3=O)=CC2)N=O)cc1. The monoisotopic (exact) mass is 388 g/mol. The molecule has 1 saturated heterocycles. The van der Waals surface area contributed by atoms with Crippen LogP contribution in [0.5, 0.6) is 5.75 Å². The zero-order valence-electron chi connectivity index (χ0n) is 14.8. The highest BCUT2D eigenvalue weighted by Gasteiger charge is 2.32. The van der Waals surface area contributed by atoms with Crippen molar-refractivity contribution in [2.75, 3.05) is 13.7 Å². The van der Waals surface area contributed by atoms with Gasteiger partial charge in [-0.15, -0.1) is 0 Å². The first-order valence-electron chi connectivity index (χ1n) is 8.55. The molecule has 1 N–H and O–H groups in total. The van der Waals surface area contributed by atoms with E-state index in [1.54, 1.807) is 31.4 Å². The predicted molar refractivity (Wildman–Crippen MR) is 103 cm³/mol. The highest BCUT2D eigenvalue weighted by Crippen LogP contribution is 2.28. The Morgan fingerprint density at radius 2 is 2.07 bits per heavy atom. The summed E-state index contributed by atoms with van der Waals surface area (Å²) < 4.78 is 10.9. The van der Waals surface area contributed by atoms with E-state index in [9.17, 15) is 14.5 Å². The third-order valence-electron chi connectivity index (χ3n) is 4.42. The molecule has 2 unspecified atom stereocenters. The molecule has 0 spiro atoms. The van der Waals surface area contributed by atoms with Crippen molar-refractivity contribution >= 4 is 22.9 Å². The summed E-state index contributed by atoms with van der Waals surface area (Å²) >= 11 is 1.02. The molecule has 0 radical (unpaired) electrons. The molecule has 3 atom stereocenters. The Hall–Kier alpha value is -2.45. The van der Waals surface area contributed by atoms with Crippen LogP contribution in [-0.4, -0.2) is 36.2 Å². The Labute approximate surface area is 161 Å². The number of amides is 2. The molecule has 1 aliphatic heterocycles. The number of methoxy groups -OCH3 is 1. The van der Waals surface area contributed by atoms with Crippen molar-refractivity contribution < 1.29 is 19.1 Å². The number of ether oxygens (including phenoxy) is 2. The number of thioether (sulfide) groups is 1. The highest BCUT2D eigenvalue weighted by molar-refractivity contribution is 8.15. The summed E-state index contributed by atoms with van der Waals surface area (Å²) in [5, 5.41) is 4.79. The summed E-state index contributed by atoms with van der Waals surface area (Å²) in [6.07, 6.45) is 6.82. The molecule has 1 aliphatic carbocycles. The molecule has 0 saturated carbocycles. The minimum atomic E-state index is -0.584. The van der Waals surface area contributed by atoms with Crippen LogP contribution in [0.15, 0.2) is 53.2 Å². The molecule has 0 aromatic heterocycles. The van der Waals surface area contributed by atoms with E-state index in [1.165, 1.54) is 0 Å². The van der Waals surface area contributed by atoms with Crippen molar-refractivity contribution in [3.05, 3.63) is 58.5 Å². The number of hydrogen-bond donors (Lipinski definition) is 1. The third kappa shape index (κ3) is 5.05. The first-order chi connectivity index (χ1) is 13.1. The second-order valence-corrected chi connectivity index (χ2v) is 7.40. The van der Waals surface area contributed by atoms with Crippen LogP contribution in [0.25, 0.3) is 0 Å². The van der Waals surface area contributed by atoms with E-state index in [-0.39, 0.29) is 29.1 Å². The Morgan fingerprint density at radius 1 is 1.30 bits per heavy atom. The largest absolute Gasteiger partial charge is 0.497 e. The van der Waals surface area contributed by atoms with Gasteiger partial charge in [0.1, 0.15) is 11.8 Å². The molecule has 3 rings (SSSR count). The average molecular weight is 388 g/mol. The molecule has 2 amide bonds. The Bertz CT molecular complexity index is 775. The normalized spacial score (nSPS) is 22.9. The van der Waals surface area contributed by atoms with Gasteiger partial charge in [0.25, 0.3) is 5.24 Å². The fourth-order valence-corrected chi connectivity index (χ4v) is 3.75. The fraction of sp³-hybridized carbons (Fsp3) is 0.368. The van der Waals surface area contributed by atoms with Gasteiger partial charge in [-0.3, -0.25) is 14.9 Å². The van der Waals surface area contributed by atoms with Gasteiger partial charge in [-0.05, 0) is 30.5 Å². The van der Waals surface area contributed by atoms with Gasteiger partial charge in [-0.25, -0.2) is 0 Å². The lowest BCUT2D eigenvalue weighted by Gasteiger charge is -2.19. The minimum Gasteiger partial charge on any atom is -0.497 e. The smallest absolute Gasteiger partial charge is 0.286 e. The van der Waals surface area contributed by atoms with E-state index in [1.807, 2.05) is 18.2 Å². The molecule has 1 heterocycles. The molecule has 8 heteroatoms. The molecule has 1 fully saturated rings. The number of imide groups is 1. The van der Waals surface area contributed by atoms with Gasteiger partial charge in [-0.1, -0.05) is 52.9 Å². The van der Waals surface area contributed by atoms with Crippen molar-refractivity contribution in [3.8, 4) is 5.75 Å². The first kappa shape index (κ1) is 19.3. The Balaban J connectivity index is 1.48. The van der Waals surface area contributed by atoms with E-state index in [4.69, 9.17) is 9.47 Å². The molecule has 2 aliphatic rings. The Morgan fingerprint density at radius 3 is 2.63 bits per heavy atom. The lowest BCUT2D eigenvalue weighted by atomic mass is 10.0. The van der Waals surface area contributed by atoms with Crippen LogP contribution in [0.3, 0.4) is 0 Å². The summed E-state index contributed by atoms with van der Waals surface area (Å²) in [7, 11) is 1.58. The second kappa shape index (κ2) is 8.96. The van der Waals surface area contributed by atoms with E-state index in [0.717, 1.165) is 22.9 Å². The number of nitrogens with one attached hydrogen (secondary N) is 1. The lowest BCUT2D eigenvalue weighted by molar-refractivity contribution is -0.118. The minimum absolute atomic E-state index is 0.150. The van der Waals surface area contributed by atoms with Gasteiger partial charge in [0.15, 0.2) is 0 Å². The number of rotatable bonds is 8. The van der Waals surface area contributed by atoms with Crippen LogP contribution >= 0.6 is 11.8 Å². The fourth-order valence-electron chi connectivity index (χ4n) is 2.89. The van der Waals surface area contributed by atoms with Crippen LogP contribution < -0.4 is 10.1 Å². The number of carbonyl (C=O) groups is 2. The summed E-state index contributed by atoms with van der Waals surface area (Å²) in [4.78, 5) is 34.0. The molecule has 142 valence electrons. The van der Waals surface area contributed by atoms with Crippen LogP contribution in [0.2, 0.25) is 0 Å². The molecule has 7 nitrogen and oxygen atoms in total. The maximum atomic E-state index is 11.6. The molecular formula is C19H20N2O5S. The highest BCUT2D eigenvalue weighted by atomic mass is 32.2. The van der Waals surface area contributed by atoms with Crippen LogP contribution in [0.1, 0.15) is 24.4 Å². The van der Waals surface area contributed by atoms with E-state index in [2.05, 4.69) is 10.5 Å². The lowest BCUT2D eigenvalue weighted by Crippen LogP contribution is -2.24. The quantitative estimate of drug-likeness (QED) is 0.685. The van der Waals surface area contributed by atoms with Gasteiger partial charge in [0.05, 0.1) is 25.1 Å². The zero-order valence-corrected chi connectivity index (χ0v) is 15.6. The number of carbonyl (C=O) groups excluding carboxylic acids is 2. The van der Waals surface area contributed by atoms with Crippen LogP contribution in [0.4, 0.5) is 4.79 Å². The van der Waals surface area contributed by atoms with Crippen molar-refractivity contribution in [2.45, 2.75) is 30.2 Å². The number of nitrogens with zero attached hydrogens (tertiary/aromatic N) is 1. The van der Waals surface area contributed by atoms with Gasteiger partial charge >= 0.3 is 0 Å².